The molecule has 0 aliphatic rings. The van der Waals surface area contributed by atoms with Crippen LogP contribution in [0.1, 0.15) is 17.5 Å². The van der Waals surface area contributed by atoms with Gasteiger partial charge in [-0.25, -0.2) is 0 Å². The number of nitrogens with one attached hydrogen (secondary N) is 1. The van der Waals surface area contributed by atoms with Crippen LogP contribution < -0.4 is 4.90 Å². The summed E-state index contributed by atoms with van der Waals surface area (Å²) in [5.41, 5.74) is 2.89. The molecule has 0 spiro atoms. The third-order valence-electron chi connectivity index (χ3n) is 3.07. The highest BCUT2D eigenvalue weighted by Crippen LogP contribution is 2.10. The van der Waals surface area contributed by atoms with E-state index in [9.17, 15) is 0 Å². The van der Waals surface area contributed by atoms with Crippen molar-refractivity contribution >= 4 is 5.71 Å². The van der Waals surface area contributed by atoms with Crippen LogP contribution in [0.3, 0.4) is 0 Å². The molecule has 0 bridgehead atoms. The maximum Gasteiger partial charge on any atom is 0.122 e. The average molecular weight is 284 g/mol. The Morgan fingerprint density at radius 2 is 1.71 bits per heavy atom. The highest BCUT2D eigenvalue weighted by atomic mass is 16.6. The van der Waals surface area contributed by atoms with Crippen molar-refractivity contribution in [2.75, 3.05) is 27.2 Å². The normalized spacial score (nSPS) is 11.7. The summed E-state index contributed by atoms with van der Waals surface area (Å²) in [7, 11) is 4.27. The zero-order chi connectivity index (χ0) is 14.9. The molecule has 0 aliphatic carbocycles. The van der Waals surface area contributed by atoms with Crippen molar-refractivity contribution in [2.24, 2.45) is 5.16 Å². The Labute approximate surface area is 126 Å². The lowest BCUT2D eigenvalue weighted by Gasteiger charge is -2.08. The minimum absolute atomic E-state index is 0.632. The predicted octanol–water partition coefficient (Wildman–Crippen LogP) is 1.39. The number of rotatable bonds is 7. The van der Waals surface area contributed by atoms with Gasteiger partial charge in [0.05, 0.1) is 20.6 Å². The van der Waals surface area contributed by atoms with E-state index in [0.29, 0.717) is 6.61 Å². The van der Waals surface area contributed by atoms with E-state index in [4.69, 9.17) is 4.84 Å². The molecule has 0 aliphatic heterocycles. The van der Waals surface area contributed by atoms with Crippen molar-refractivity contribution in [3.8, 4) is 0 Å². The number of hydrogen-bond donors (Lipinski definition) is 1. The van der Waals surface area contributed by atoms with Crippen molar-refractivity contribution in [1.29, 1.82) is 0 Å². The third kappa shape index (κ3) is 5.00. The highest BCUT2D eigenvalue weighted by molar-refractivity contribution is 6.12. The van der Waals surface area contributed by atoms with Crippen LogP contribution >= 0.6 is 0 Å². The molecule has 2 aromatic rings. The molecule has 21 heavy (non-hydrogen) atoms. The summed E-state index contributed by atoms with van der Waals surface area (Å²) in [5, 5.41) is 4.34. The quantitative estimate of drug-likeness (QED) is 0.474. The fourth-order valence-corrected chi connectivity index (χ4v) is 1.98. The molecule has 1 heterocycles. The van der Waals surface area contributed by atoms with Gasteiger partial charge in [0, 0.05) is 29.9 Å². The average Bonchev–Trinajstić information content (AvgIpc) is 2.52. The number of aromatic nitrogens is 1. The molecule has 110 valence electrons. The van der Waals surface area contributed by atoms with Crippen LogP contribution in [0.4, 0.5) is 0 Å². The Balaban J connectivity index is 2.10. The molecule has 0 atom stereocenters. The van der Waals surface area contributed by atoms with Gasteiger partial charge in [0.25, 0.3) is 0 Å². The Hall–Kier alpha value is -2.20. The fraction of sp³-hybridized carbons (Fsp3) is 0.294. The second-order valence-electron chi connectivity index (χ2n) is 5.19. The Bertz CT molecular complexity index is 511. The predicted molar refractivity (Wildman–Crippen MR) is 84.6 cm³/mol. The van der Waals surface area contributed by atoms with Crippen LogP contribution in [0, 0.1) is 0 Å². The van der Waals surface area contributed by atoms with E-state index in [0.717, 1.165) is 29.8 Å². The van der Waals surface area contributed by atoms with Gasteiger partial charge in [-0.15, -0.1) is 0 Å². The first-order valence-electron chi connectivity index (χ1n) is 7.22. The van der Waals surface area contributed by atoms with Crippen LogP contribution in [0.15, 0.2) is 60.0 Å². The Morgan fingerprint density at radius 1 is 1.05 bits per heavy atom. The van der Waals surface area contributed by atoms with E-state index in [-0.39, 0.29) is 0 Å². The smallest absolute Gasteiger partial charge is 0.122 e. The van der Waals surface area contributed by atoms with Crippen molar-refractivity contribution in [3.05, 3.63) is 66.0 Å². The van der Waals surface area contributed by atoms with Gasteiger partial charge in [0.2, 0.25) is 0 Å². The highest BCUT2D eigenvalue weighted by Gasteiger charge is 2.07. The van der Waals surface area contributed by atoms with E-state index in [1.807, 2.05) is 42.5 Å². The van der Waals surface area contributed by atoms with Crippen molar-refractivity contribution in [3.63, 3.8) is 0 Å². The zero-order valence-electron chi connectivity index (χ0n) is 12.6. The molecule has 0 fully saturated rings. The van der Waals surface area contributed by atoms with Crippen LogP contribution in [-0.4, -0.2) is 37.9 Å². The lowest BCUT2D eigenvalue weighted by Crippen LogP contribution is -3.05. The summed E-state index contributed by atoms with van der Waals surface area (Å²) in [5.74, 6) is 0. The molecular formula is C17H22N3O+. The number of nitrogens with zero attached hydrogens (tertiary/aromatic N) is 2. The van der Waals surface area contributed by atoms with Gasteiger partial charge in [-0.2, -0.15) is 0 Å². The van der Waals surface area contributed by atoms with E-state index in [1.165, 1.54) is 4.90 Å². The molecule has 4 nitrogen and oxygen atoms in total. The second-order valence-corrected chi connectivity index (χ2v) is 5.19. The fourth-order valence-electron chi connectivity index (χ4n) is 1.98. The molecule has 2 rings (SSSR count). The largest absolute Gasteiger partial charge is 0.395 e. The molecule has 4 heteroatoms. The SMILES string of the molecule is C[NH+](C)CCCO/N=C(\c1ccccc1)c1ccncc1. The summed E-state index contributed by atoms with van der Waals surface area (Å²) in [6.07, 6.45) is 4.52. The topological polar surface area (TPSA) is 38.9 Å². The Morgan fingerprint density at radius 3 is 2.38 bits per heavy atom. The summed E-state index contributed by atoms with van der Waals surface area (Å²) < 4.78 is 0. The first-order chi connectivity index (χ1) is 10.3. The first-order valence-corrected chi connectivity index (χ1v) is 7.22. The maximum absolute atomic E-state index is 5.51. The van der Waals surface area contributed by atoms with Crippen LogP contribution in [-0.2, 0) is 4.84 Å². The molecule has 0 radical (unpaired) electrons. The van der Waals surface area contributed by atoms with Gasteiger partial charge in [0.1, 0.15) is 12.3 Å². The molecule has 0 saturated carbocycles. The zero-order valence-corrected chi connectivity index (χ0v) is 12.6. The van der Waals surface area contributed by atoms with Crippen molar-refractivity contribution in [1.82, 2.24) is 4.98 Å². The number of benzene rings is 1. The van der Waals surface area contributed by atoms with E-state index >= 15 is 0 Å². The lowest BCUT2D eigenvalue weighted by molar-refractivity contribution is -0.858. The molecule has 0 amide bonds. The second kappa shape index (κ2) is 8.17. The van der Waals surface area contributed by atoms with Crippen LogP contribution in [0.5, 0.6) is 0 Å². The molecule has 0 unspecified atom stereocenters. The summed E-state index contributed by atoms with van der Waals surface area (Å²) in [4.78, 5) is 11.0. The van der Waals surface area contributed by atoms with Crippen LogP contribution in [0.2, 0.25) is 0 Å². The van der Waals surface area contributed by atoms with Crippen LogP contribution in [0.25, 0.3) is 0 Å². The summed E-state index contributed by atoms with van der Waals surface area (Å²) >= 11 is 0. The number of pyridine rings is 1. The van der Waals surface area contributed by atoms with E-state index in [2.05, 4.69) is 24.2 Å². The first kappa shape index (κ1) is 15.2. The minimum Gasteiger partial charge on any atom is -0.395 e. The number of oxime groups is 1. The summed E-state index contributed by atoms with van der Waals surface area (Å²) in [6, 6.07) is 14.0. The monoisotopic (exact) mass is 284 g/mol. The third-order valence-corrected chi connectivity index (χ3v) is 3.07. The van der Waals surface area contributed by atoms with Gasteiger partial charge in [0.15, 0.2) is 0 Å². The summed E-state index contributed by atoms with van der Waals surface area (Å²) in [6.45, 7) is 1.71. The molecular weight excluding hydrogens is 262 g/mol. The molecule has 0 saturated heterocycles. The molecule has 1 N–H and O–H groups in total. The molecule has 1 aromatic heterocycles. The van der Waals surface area contributed by atoms with E-state index < -0.39 is 0 Å². The van der Waals surface area contributed by atoms with E-state index in [1.54, 1.807) is 12.4 Å². The van der Waals surface area contributed by atoms with Crippen molar-refractivity contribution < 1.29 is 9.74 Å². The minimum atomic E-state index is 0.632. The van der Waals surface area contributed by atoms with Gasteiger partial charge in [-0.1, -0.05) is 35.5 Å². The van der Waals surface area contributed by atoms with Gasteiger partial charge in [-0.05, 0) is 12.1 Å². The van der Waals surface area contributed by atoms with Gasteiger partial charge < -0.3 is 9.74 Å². The maximum atomic E-state index is 5.51. The van der Waals surface area contributed by atoms with Crippen molar-refractivity contribution in [2.45, 2.75) is 6.42 Å². The number of quaternary nitrogens is 1. The standard InChI is InChI=1S/C17H21N3O/c1-20(2)13-6-14-21-19-17(15-7-4-3-5-8-15)16-9-11-18-12-10-16/h3-5,7-12H,6,13-14H2,1-2H3/p+1/b19-17+. The molecule has 1 aromatic carbocycles. The Kier molecular flexibility index (Phi) is 5.91. The number of hydrogen-bond acceptors (Lipinski definition) is 3. The lowest BCUT2D eigenvalue weighted by atomic mass is 10.0. The van der Waals surface area contributed by atoms with Gasteiger partial charge in [-0.3, -0.25) is 4.98 Å². The van der Waals surface area contributed by atoms with Gasteiger partial charge >= 0.3 is 0 Å².